The summed E-state index contributed by atoms with van der Waals surface area (Å²) in [6.07, 6.45) is 0.380. The summed E-state index contributed by atoms with van der Waals surface area (Å²) in [6, 6.07) is 17.6. The zero-order valence-electron chi connectivity index (χ0n) is 14.7. The third-order valence-electron chi connectivity index (χ3n) is 3.74. The van der Waals surface area contributed by atoms with Crippen molar-refractivity contribution in [2.24, 2.45) is 0 Å². The lowest BCUT2D eigenvalue weighted by molar-refractivity contribution is -0.123. The van der Waals surface area contributed by atoms with Crippen LogP contribution in [0.4, 0.5) is 0 Å². The van der Waals surface area contributed by atoms with Gasteiger partial charge in [-0.05, 0) is 17.7 Å². The second-order valence-corrected chi connectivity index (χ2v) is 5.86. The van der Waals surface area contributed by atoms with Crippen LogP contribution < -0.4 is 16.0 Å². The monoisotopic (exact) mass is 353 g/mol. The molecule has 6 nitrogen and oxygen atoms in total. The van der Waals surface area contributed by atoms with Crippen molar-refractivity contribution < 1.29 is 14.4 Å². The minimum Gasteiger partial charge on any atom is -0.355 e. The number of benzene rings is 2. The summed E-state index contributed by atoms with van der Waals surface area (Å²) in [5.41, 5.74) is 1.44. The number of carbonyl (C=O) groups is 3. The van der Waals surface area contributed by atoms with Gasteiger partial charge in [-0.25, -0.2) is 0 Å². The van der Waals surface area contributed by atoms with Gasteiger partial charge in [-0.1, -0.05) is 48.5 Å². The predicted molar refractivity (Wildman–Crippen MR) is 99.5 cm³/mol. The molecule has 0 spiro atoms. The molecule has 3 N–H and O–H groups in total. The van der Waals surface area contributed by atoms with Gasteiger partial charge in [0, 0.05) is 32.0 Å². The quantitative estimate of drug-likeness (QED) is 0.625. The van der Waals surface area contributed by atoms with Crippen LogP contribution in [0.1, 0.15) is 22.8 Å². The lowest BCUT2D eigenvalue weighted by atomic mass is 10.0. The van der Waals surface area contributed by atoms with Crippen molar-refractivity contribution in [3.8, 4) is 0 Å². The molecule has 1 atom stereocenters. The number of hydrogen-bond donors (Lipinski definition) is 3. The smallest absolute Gasteiger partial charge is 0.251 e. The van der Waals surface area contributed by atoms with E-state index in [1.54, 1.807) is 24.3 Å². The van der Waals surface area contributed by atoms with Crippen LogP contribution >= 0.6 is 0 Å². The topological polar surface area (TPSA) is 87.3 Å². The van der Waals surface area contributed by atoms with Crippen LogP contribution in [0.5, 0.6) is 0 Å². The Morgan fingerprint density at radius 3 is 2.04 bits per heavy atom. The zero-order chi connectivity index (χ0) is 18.8. The third kappa shape index (κ3) is 6.39. The third-order valence-corrected chi connectivity index (χ3v) is 3.74. The standard InChI is InChI=1S/C20H23N3O3/c1-15(24)21-12-13-22-20(26)18(14-16-8-4-2-5-9-16)23-19(25)17-10-6-3-7-11-17/h2-11,18H,12-14H2,1H3,(H,21,24)(H,22,26)(H,23,25). The molecule has 0 radical (unpaired) electrons. The fourth-order valence-corrected chi connectivity index (χ4v) is 2.44. The molecular weight excluding hydrogens is 330 g/mol. The first-order chi connectivity index (χ1) is 12.6. The van der Waals surface area contributed by atoms with Gasteiger partial charge in [0.2, 0.25) is 11.8 Å². The summed E-state index contributed by atoms with van der Waals surface area (Å²) in [7, 11) is 0. The fraction of sp³-hybridized carbons (Fsp3) is 0.250. The average molecular weight is 353 g/mol. The van der Waals surface area contributed by atoms with Crippen LogP contribution in [0.2, 0.25) is 0 Å². The zero-order valence-corrected chi connectivity index (χ0v) is 14.7. The highest BCUT2D eigenvalue weighted by Crippen LogP contribution is 2.05. The summed E-state index contributed by atoms with van der Waals surface area (Å²) in [6.45, 7) is 2.05. The Hall–Kier alpha value is -3.15. The van der Waals surface area contributed by atoms with Crippen LogP contribution in [-0.2, 0) is 16.0 Å². The molecule has 0 aliphatic heterocycles. The normalized spacial score (nSPS) is 11.3. The molecule has 2 aromatic rings. The Kier molecular flexibility index (Phi) is 7.36. The van der Waals surface area contributed by atoms with Crippen LogP contribution in [-0.4, -0.2) is 36.9 Å². The van der Waals surface area contributed by atoms with Gasteiger partial charge in [0.25, 0.3) is 5.91 Å². The SMILES string of the molecule is CC(=O)NCCNC(=O)C(Cc1ccccc1)NC(=O)c1ccccc1. The van der Waals surface area contributed by atoms with E-state index in [0.29, 0.717) is 25.1 Å². The van der Waals surface area contributed by atoms with Crippen LogP contribution in [0.25, 0.3) is 0 Å². The second-order valence-electron chi connectivity index (χ2n) is 5.86. The van der Waals surface area contributed by atoms with Gasteiger partial charge in [0.05, 0.1) is 0 Å². The van der Waals surface area contributed by atoms with Crippen molar-refractivity contribution in [1.29, 1.82) is 0 Å². The van der Waals surface area contributed by atoms with Crippen molar-refractivity contribution in [3.63, 3.8) is 0 Å². The largest absolute Gasteiger partial charge is 0.355 e. The maximum Gasteiger partial charge on any atom is 0.251 e. The highest BCUT2D eigenvalue weighted by Gasteiger charge is 2.21. The first kappa shape index (κ1) is 19.2. The molecule has 0 bridgehead atoms. The molecule has 2 rings (SSSR count). The maximum atomic E-state index is 12.5. The van der Waals surface area contributed by atoms with E-state index in [9.17, 15) is 14.4 Å². The number of amides is 3. The van der Waals surface area contributed by atoms with Crippen LogP contribution in [0.15, 0.2) is 60.7 Å². The van der Waals surface area contributed by atoms with Gasteiger partial charge >= 0.3 is 0 Å². The van der Waals surface area contributed by atoms with E-state index in [4.69, 9.17) is 0 Å². The molecule has 6 heteroatoms. The number of hydrogen-bond acceptors (Lipinski definition) is 3. The van der Waals surface area contributed by atoms with Crippen molar-refractivity contribution in [3.05, 3.63) is 71.8 Å². The molecule has 0 heterocycles. The van der Waals surface area contributed by atoms with E-state index >= 15 is 0 Å². The van der Waals surface area contributed by atoms with E-state index in [2.05, 4.69) is 16.0 Å². The lowest BCUT2D eigenvalue weighted by Crippen LogP contribution is -2.49. The maximum absolute atomic E-state index is 12.5. The molecular formula is C20H23N3O3. The predicted octanol–water partition coefficient (Wildman–Crippen LogP) is 1.28. The van der Waals surface area contributed by atoms with E-state index in [1.165, 1.54) is 6.92 Å². The molecule has 2 aromatic carbocycles. The summed E-state index contributed by atoms with van der Waals surface area (Å²) in [5.74, 6) is -0.746. The first-order valence-electron chi connectivity index (χ1n) is 8.48. The summed E-state index contributed by atoms with van der Waals surface area (Å²) < 4.78 is 0. The Morgan fingerprint density at radius 2 is 1.42 bits per heavy atom. The van der Waals surface area contributed by atoms with Gasteiger partial charge < -0.3 is 16.0 Å². The Balaban J connectivity index is 2.02. The molecule has 3 amide bonds. The van der Waals surface area contributed by atoms with Crippen molar-refractivity contribution in [1.82, 2.24) is 16.0 Å². The van der Waals surface area contributed by atoms with E-state index in [1.807, 2.05) is 36.4 Å². The Bertz CT molecular complexity index is 732. The Labute approximate surface area is 153 Å². The minimum absolute atomic E-state index is 0.155. The van der Waals surface area contributed by atoms with Crippen molar-refractivity contribution in [2.75, 3.05) is 13.1 Å². The summed E-state index contributed by atoms with van der Waals surface area (Å²) in [4.78, 5) is 35.8. The summed E-state index contributed by atoms with van der Waals surface area (Å²) in [5, 5.41) is 8.15. The van der Waals surface area contributed by atoms with Gasteiger partial charge in [0.15, 0.2) is 0 Å². The second kappa shape index (κ2) is 9.98. The highest BCUT2D eigenvalue weighted by molar-refractivity contribution is 5.97. The molecule has 0 fully saturated rings. The van der Waals surface area contributed by atoms with Gasteiger partial charge in [0.1, 0.15) is 6.04 Å². The molecule has 0 aliphatic carbocycles. The summed E-state index contributed by atoms with van der Waals surface area (Å²) >= 11 is 0. The van der Waals surface area contributed by atoms with Gasteiger partial charge in [-0.3, -0.25) is 14.4 Å². The Morgan fingerprint density at radius 1 is 0.846 bits per heavy atom. The molecule has 0 aliphatic rings. The van der Waals surface area contributed by atoms with Crippen LogP contribution in [0.3, 0.4) is 0 Å². The minimum atomic E-state index is -0.706. The van der Waals surface area contributed by atoms with Crippen molar-refractivity contribution >= 4 is 17.7 Å². The van der Waals surface area contributed by atoms with E-state index in [0.717, 1.165) is 5.56 Å². The molecule has 0 saturated carbocycles. The van der Waals surface area contributed by atoms with Gasteiger partial charge in [-0.15, -0.1) is 0 Å². The van der Waals surface area contributed by atoms with Crippen LogP contribution in [0, 0.1) is 0 Å². The molecule has 0 saturated heterocycles. The fourth-order valence-electron chi connectivity index (χ4n) is 2.44. The average Bonchev–Trinajstić information content (AvgIpc) is 2.66. The molecule has 1 unspecified atom stereocenters. The molecule has 0 aromatic heterocycles. The van der Waals surface area contributed by atoms with Gasteiger partial charge in [-0.2, -0.15) is 0 Å². The first-order valence-corrected chi connectivity index (χ1v) is 8.48. The molecule has 136 valence electrons. The number of nitrogens with one attached hydrogen (secondary N) is 3. The van der Waals surface area contributed by atoms with Crippen molar-refractivity contribution in [2.45, 2.75) is 19.4 Å². The molecule has 26 heavy (non-hydrogen) atoms. The lowest BCUT2D eigenvalue weighted by Gasteiger charge is -2.19. The number of carbonyl (C=O) groups excluding carboxylic acids is 3. The van der Waals surface area contributed by atoms with E-state index in [-0.39, 0.29) is 17.7 Å². The van der Waals surface area contributed by atoms with E-state index < -0.39 is 6.04 Å². The highest BCUT2D eigenvalue weighted by atomic mass is 16.2. The number of rotatable bonds is 8.